The van der Waals surface area contributed by atoms with Crippen LogP contribution < -0.4 is 5.73 Å². The molecule has 98 valence electrons. The molecule has 0 radical (unpaired) electrons. The molecular formula is C13H19N3OS. The summed E-state index contributed by atoms with van der Waals surface area (Å²) in [6, 6.07) is 0.456. The first kappa shape index (κ1) is 13.2. The standard InChI is InChI=1S/C13H19N3OS/c1-9-7-11(14)5-6-16(9)13(17)4-3-12-8-18-10(2)15-12/h3-4,8-9,11H,5-7,14H2,1-2H3/b4-3+. The van der Waals surface area contributed by atoms with Crippen LogP contribution in [0.1, 0.15) is 30.5 Å². The maximum Gasteiger partial charge on any atom is 0.246 e. The molecule has 2 rings (SSSR count). The van der Waals surface area contributed by atoms with Crippen molar-refractivity contribution in [2.75, 3.05) is 6.54 Å². The minimum atomic E-state index is 0.0556. The Balaban J connectivity index is 1.97. The molecule has 1 aliphatic heterocycles. The van der Waals surface area contributed by atoms with Crippen molar-refractivity contribution in [1.29, 1.82) is 0 Å². The van der Waals surface area contributed by atoms with E-state index in [1.807, 2.05) is 17.2 Å². The van der Waals surface area contributed by atoms with Crippen LogP contribution in [-0.2, 0) is 4.79 Å². The Kier molecular flexibility index (Phi) is 4.14. The molecule has 1 fully saturated rings. The number of piperidine rings is 1. The molecule has 0 spiro atoms. The number of nitrogens with zero attached hydrogens (tertiary/aromatic N) is 2. The summed E-state index contributed by atoms with van der Waals surface area (Å²) in [5, 5.41) is 2.97. The van der Waals surface area contributed by atoms with Crippen LogP contribution in [0.15, 0.2) is 11.5 Å². The van der Waals surface area contributed by atoms with Crippen molar-refractivity contribution in [3.8, 4) is 0 Å². The number of carbonyl (C=O) groups is 1. The zero-order valence-electron chi connectivity index (χ0n) is 10.8. The monoisotopic (exact) mass is 265 g/mol. The average Bonchev–Trinajstić information content (AvgIpc) is 2.72. The van der Waals surface area contributed by atoms with E-state index in [1.54, 1.807) is 23.5 Å². The van der Waals surface area contributed by atoms with E-state index in [9.17, 15) is 4.79 Å². The van der Waals surface area contributed by atoms with Gasteiger partial charge in [-0.05, 0) is 32.8 Å². The molecule has 1 saturated heterocycles. The Labute approximate surface area is 112 Å². The second kappa shape index (κ2) is 5.63. The van der Waals surface area contributed by atoms with Crippen LogP contribution in [0.5, 0.6) is 0 Å². The van der Waals surface area contributed by atoms with Gasteiger partial charge in [-0.2, -0.15) is 0 Å². The summed E-state index contributed by atoms with van der Waals surface area (Å²) in [6.07, 6.45) is 5.17. The lowest BCUT2D eigenvalue weighted by atomic mass is 9.99. The van der Waals surface area contributed by atoms with Gasteiger partial charge in [-0.1, -0.05) is 0 Å². The minimum absolute atomic E-state index is 0.0556. The van der Waals surface area contributed by atoms with Gasteiger partial charge in [0.25, 0.3) is 0 Å². The fourth-order valence-corrected chi connectivity index (χ4v) is 2.83. The van der Waals surface area contributed by atoms with Crippen LogP contribution in [-0.4, -0.2) is 34.4 Å². The third kappa shape index (κ3) is 3.17. The Bertz CT molecular complexity index is 455. The molecule has 18 heavy (non-hydrogen) atoms. The zero-order chi connectivity index (χ0) is 13.1. The van der Waals surface area contributed by atoms with Crippen LogP contribution in [0.25, 0.3) is 6.08 Å². The predicted molar refractivity (Wildman–Crippen MR) is 74.3 cm³/mol. The van der Waals surface area contributed by atoms with Gasteiger partial charge in [0, 0.05) is 30.1 Å². The van der Waals surface area contributed by atoms with E-state index in [4.69, 9.17) is 5.73 Å². The molecule has 1 aliphatic rings. The van der Waals surface area contributed by atoms with E-state index in [2.05, 4.69) is 11.9 Å². The summed E-state index contributed by atoms with van der Waals surface area (Å²) in [6.45, 7) is 4.76. The maximum absolute atomic E-state index is 12.1. The van der Waals surface area contributed by atoms with Crippen molar-refractivity contribution in [1.82, 2.24) is 9.88 Å². The molecular weight excluding hydrogens is 246 g/mol. The lowest BCUT2D eigenvalue weighted by Gasteiger charge is -2.35. The Morgan fingerprint density at radius 3 is 3.06 bits per heavy atom. The number of thiazole rings is 1. The number of hydrogen-bond acceptors (Lipinski definition) is 4. The highest BCUT2D eigenvalue weighted by molar-refractivity contribution is 7.09. The van der Waals surface area contributed by atoms with Gasteiger partial charge in [0.1, 0.15) is 0 Å². The normalized spacial score (nSPS) is 24.7. The number of hydrogen-bond donors (Lipinski definition) is 1. The van der Waals surface area contributed by atoms with Gasteiger partial charge < -0.3 is 10.6 Å². The first-order valence-corrected chi connectivity index (χ1v) is 7.10. The lowest BCUT2D eigenvalue weighted by Crippen LogP contribution is -2.47. The molecule has 0 saturated carbocycles. The van der Waals surface area contributed by atoms with Crippen molar-refractivity contribution in [3.63, 3.8) is 0 Å². The third-order valence-electron chi connectivity index (χ3n) is 3.23. The summed E-state index contributed by atoms with van der Waals surface area (Å²) < 4.78 is 0. The summed E-state index contributed by atoms with van der Waals surface area (Å²) in [5.41, 5.74) is 6.74. The van der Waals surface area contributed by atoms with Gasteiger partial charge in [0.05, 0.1) is 10.7 Å². The van der Waals surface area contributed by atoms with Gasteiger partial charge in [0.15, 0.2) is 0 Å². The molecule has 0 aromatic carbocycles. The van der Waals surface area contributed by atoms with Crippen LogP contribution in [0.3, 0.4) is 0 Å². The number of aryl methyl sites for hydroxylation is 1. The Hall–Kier alpha value is -1.20. The van der Waals surface area contributed by atoms with Crippen molar-refractivity contribution in [2.45, 2.75) is 38.8 Å². The first-order chi connectivity index (χ1) is 8.56. The topological polar surface area (TPSA) is 59.2 Å². The molecule has 1 aromatic heterocycles. The summed E-state index contributed by atoms with van der Waals surface area (Å²) in [5.74, 6) is 0.0556. The molecule has 2 atom stereocenters. The molecule has 4 nitrogen and oxygen atoms in total. The smallest absolute Gasteiger partial charge is 0.246 e. The highest BCUT2D eigenvalue weighted by Gasteiger charge is 2.25. The fraction of sp³-hybridized carbons (Fsp3) is 0.538. The van der Waals surface area contributed by atoms with Crippen LogP contribution >= 0.6 is 11.3 Å². The van der Waals surface area contributed by atoms with E-state index >= 15 is 0 Å². The minimum Gasteiger partial charge on any atom is -0.336 e. The summed E-state index contributed by atoms with van der Waals surface area (Å²) in [7, 11) is 0. The highest BCUT2D eigenvalue weighted by Crippen LogP contribution is 2.17. The van der Waals surface area contributed by atoms with Crippen LogP contribution in [0.4, 0.5) is 0 Å². The van der Waals surface area contributed by atoms with E-state index in [0.717, 1.165) is 30.1 Å². The fourth-order valence-electron chi connectivity index (χ4n) is 2.25. The number of likely N-dealkylation sites (tertiary alicyclic amines) is 1. The molecule has 1 aromatic rings. The van der Waals surface area contributed by atoms with Crippen molar-refractivity contribution in [2.24, 2.45) is 5.73 Å². The number of aromatic nitrogens is 1. The third-order valence-corrected chi connectivity index (χ3v) is 4.02. The number of rotatable bonds is 2. The highest BCUT2D eigenvalue weighted by atomic mass is 32.1. The lowest BCUT2D eigenvalue weighted by molar-refractivity contribution is -0.129. The molecule has 0 aliphatic carbocycles. The van der Waals surface area contributed by atoms with E-state index in [1.165, 1.54) is 0 Å². The second-order valence-electron chi connectivity index (χ2n) is 4.79. The second-order valence-corrected chi connectivity index (χ2v) is 5.85. The molecule has 2 unspecified atom stereocenters. The Morgan fingerprint density at radius 2 is 2.44 bits per heavy atom. The van der Waals surface area contributed by atoms with E-state index in [-0.39, 0.29) is 18.0 Å². The quantitative estimate of drug-likeness (QED) is 0.830. The van der Waals surface area contributed by atoms with Crippen molar-refractivity contribution >= 4 is 23.3 Å². The molecule has 0 bridgehead atoms. The predicted octanol–water partition coefficient (Wildman–Crippen LogP) is 1.80. The molecule has 1 amide bonds. The SMILES string of the molecule is Cc1nc(/C=C/C(=O)N2CCC(N)CC2C)cs1. The number of carbonyl (C=O) groups excluding carboxylic acids is 1. The summed E-state index contributed by atoms with van der Waals surface area (Å²) in [4.78, 5) is 18.3. The maximum atomic E-state index is 12.1. The average molecular weight is 265 g/mol. The van der Waals surface area contributed by atoms with E-state index < -0.39 is 0 Å². The molecule has 2 heterocycles. The van der Waals surface area contributed by atoms with Crippen LogP contribution in [0, 0.1) is 6.92 Å². The van der Waals surface area contributed by atoms with Gasteiger partial charge in [0.2, 0.25) is 5.91 Å². The van der Waals surface area contributed by atoms with Gasteiger partial charge in [-0.15, -0.1) is 11.3 Å². The first-order valence-electron chi connectivity index (χ1n) is 6.22. The largest absolute Gasteiger partial charge is 0.336 e. The zero-order valence-corrected chi connectivity index (χ0v) is 11.6. The van der Waals surface area contributed by atoms with Gasteiger partial charge in [-0.3, -0.25) is 4.79 Å². The molecule has 5 heteroatoms. The number of amides is 1. The van der Waals surface area contributed by atoms with Gasteiger partial charge in [-0.25, -0.2) is 4.98 Å². The Morgan fingerprint density at radius 1 is 1.67 bits per heavy atom. The molecule has 2 N–H and O–H groups in total. The van der Waals surface area contributed by atoms with Gasteiger partial charge >= 0.3 is 0 Å². The van der Waals surface area contributed by atoms with Crippen molar-refractivity contribution < 1.29 is 4.79 Å². The summed E-state index contributed by atoms with van der Waals surface area (Å²) >= 11 is 1.59. The van der Waals surface area contributed by atoms with Crippen LogP contribution in [0.2, 0.25) is 0 Å². The van der Waals surface area contributed by atoms with E-state index in [0.29, 0.717) is 0 Å². The van der Waals surface area contributed by atoms with Crippen molar-refractivity contribution in [3.05, 3.63) is 22.2 Å². The number of nitrogens with two attached hydrogens (primary N) is 1.